The van der Waals surface area contributed by atoms with Gasteiger partial charge in [-0.2, -0.15) is 5.10 Å². The molecule has 164 valence electrons. The van der Waals surface area contributed by atoms with Crippen molar-refractivity contribution in [1.29, 1.82) is 0 Å². The van der Waals surface area contributed by atoms with Gasteiger partial charge in [-0.1, -0.05) is 13.8 Å². The Labute approximate surface area is 188 Å². The fourth-order valence-corrected chi connectivity index (χ4v) is 3.84. The lowest BCUT2D eigenvalue weighted by Crippen LogP contribution is -2.54. The number of carbonyl (C=O) groups excluding carboxylic acids is 1. The third-order valence-electron chi connectivity index (χ3n) is 5.66. The Morgan fingerprint density at radius 1 is 1.33 bits per heavy atom. The van der Waals surface area contributed by atoms with Crippen molar-refractivity contribution in [2.75, 3.05) is 13.1 Å². The molecule has 9 heteroatoms. The molecule has 1 unspecified atom stereocenters. The monoisotopic (exact) mass is 453 g/mol. The van der Waals surface area contributed by atoms with Gasteiger partial charge in [0.25, 0.3) is 5.91 Å². The van der Waals surface area contributed by atoms with Crippen LogP contribution in [0.2, 0.25) is 0 Å². The standard InChI is InChI=1S/C21H27N5O2.2ClH/c1-13(2)26-19-15(11-23-26)14(10-16(24-19)17-6-5-9-28-17)20(27)25-8-7-18(22)21(3,4)12-25;;/h5-6,9-11,13,18H,7-8,12,22H2,1-4H3;2*1H. The van der Waals surface area contributed by atoms with Crippen LogP contribution in [-0.2, 0) is 0 Å². The molecule has 7 nitrogen and oxygen atoms in total. The highest BCUT2D eigenvalue weighted by molar-refractivity contribution is 6.06. The van der Waals surface area contributed by atoms with Crippen molar-refractivity contribution in [2.24, 2.45) is 11.1 Å². The summed E-state index contributed by atoms with van der Waals surface area (Å²) < 4.78 is 7.38. The molecule has 2 N–H and O–H groups in total. The SMILES string of the molecule is CC(C)n1ncc2c(C(=O)N3CCC(N)C(C)(C)C3)cc(-c3ccco3)nc21.Cl.Cl. The van der Waals surface area contributed by atoms with Crippen LogP contribution < -0.4 is 5.73 Å². The van der Waals surface area contributed by atoms with Crippen LogP contribution in [0.1, 0.15) is 50.5 Å². The first-order valence-corrected chi connectivity index (χ1v) is 9.75. The fraction of sp³-hybridized carbons (Fsp3) is 0.476. The first kappa shape index (κ1) is 24.2. The molecule has 1 atom stereocenters. The van der Waals surface area contributed by atoms with Gasteiger partial charge in [-0.15, -0.1) is 24.8 Å². The van der Waals surface area contributed by atoms with Gasteiger partial charge in [-0.05, 0) is 43.9 Å². The van der Waals surface area contributed by atoms with Crippen molar-refractivity contribution < 1.29 is 9.21 Å². The van der Waals surface area contributed by atoms with E-state index in [-0.39, 0.29) is 48.2 Å². The molecule has 0 bridgehead atoms. The van der Waals surface area contributed by atoms with E-state index < -0.39 is 0 Å². The molecule has 0 radical (unpaired) electrons. The number of carbonyl (C=O) groups is 1. The van der Waals surface area contributed by atoms with E-state index >= 15 is 0 Å². The smallest absolute Gasteiger partial charge is 0.254 e. The van der Waals surface area contributed by atoms with E-state index in [1.54, 1.807) is 12.5 Å². The quantitative estimate of drug-likeness (QED) is 0.637. The zero-order valence-electron chi connectivity index (χ0n) is 17.7. The minimum absolute atomic E-state index is 0. The Kier molecular flexibility index (Phi) is 7.22. The Bertz CT molecular complexity index is 1010. The average Bonchev–Trinajstić information content (AvgIpc) is 3.31. The van der Waals surface area contributed by atoms with Crippen LogP contribution in [0.5, 0.6) is 0 Å². The average molecular weight is 454 g/mol. The molecule has 0 aromatic carbocycles. The topological polar surface area (TPSA) is 90.2 Å². The molecular formula is C21H29Cl2N5O2. The lowest BCUT2D eigenvalue weighted by molar-refractivity contribution is 0.0535. The first-order chi connectivity index (χ1) is 13.3. The molecule has 1 saturated heterocycles. The van der Waals surface area contributed by atoms with Gasteiger partial charge >= 0.3 is 0 Å². The van der Waals surface area contributed by atoms with Crippen molar-refractivity contribution in [3.63, 3.8) is 0 Å². The number of hydrogen-bond donors (Lipinski definition) is 1. The van der Waals surface area contributed by atoms with E-state index in [2.05, 4.69) is 18.9 Å². The minimum Gasteiger partial charge on any atom is -0.463 e. The number of piperidine rings is 1. The van der Waals surface area contributed by atoms with Crippen LogP contribution >= 0.6 is 24.8 Å². The molecule has 1 amide bonds. The predicted molar refractivity (Wildman–Crippen MR) is 122 cm³/mol. The van der Waals surface area contributed by atoms with Gasteiger partial charge in [0.1, 0.15) is 5.69 Å². The molecule has 3 aromatic rings. The normalized spacial score (nSPS) is 18.2. The Balaban J connectivity index is 0.00000160. The molecule has 1 aliphatic rings. The zero-order valence-corrected chi connectivity index (χ0v) is 19.3. The highest BCUT2D eigenvalue weighted by Crippen LogP contribution is 2.31. The van der Waals surface area contributed by atoms with Gasteiger partial charge < -0.3 is 15.1 Å². The first-order valence-electron chi connectivity index (χ1n) is 9.75. The van der Waals surface area contributed by atoms with Crippen LogP contribution in [0.4, 0.5) is 0 Å². The number of rotatable bonds is 3. The highest BCUT2D eigenvalue weighted by atomic mass is 35.5. The lowest BCUT2D eigenvalue weighted by Gasteiger charge is -2.42. The second-order valence-corrected chi connectivity index (χ2v) is 8.56. The van der Waals surface area contributed by atoms with Gasteiger partial charge in [0, 0.05) is 25.2 Å². The molecule has 30 heavy (non-hydrogen) atoms. The van der Waals surface area contributed by atoms with E-state index in [1.165, 1.54) is 0 Å². The van der Waals surface area contributed by atoms with Crippen LogP contribution in [0.25, 0.3) is 22.5 Å². The van der Waals surface area contributed by atoms with Crippen LogP contribution in [0, 0.1) is 5.41 Å². The summed E-state index contributed by atoms with van der Waals surface area (Å²) in [4.78, 5) is 20.1. The van der Waals surface area contributed by atoms with Crippen LogP contribution in [-0.4, -0.2) is 44.7 Å². The lowest BCUT2D eigenvalue weighted by atomic mass is 9.79. The number of nitrogens with two attached hydrogens (primary N) is 1. The van der Waals surface area contributed by atoms with Gasteiger partial charge in [-0.3, -0.25) is 4.79 Å². The maximum absolute atomic E-state index is 13.5. The molecule has 0 spiro atoms. The Morgan fingerprint density at radius 2 is 2.07 bits per heavy atom. The van der Waals surface area contributed by atoms with E-state index in [0.29, 0.717) is 35.8 Å². The number of furan rings is 1. The molecule has 0 aliphatic carbocycles. The van der Waals surface area contributed by atoms with Gasteiger partial charge in [0.2, 0.25) is 0 Å². The summed E-state index contributed by atoms with van der Waals surface area (Å²) in [5.41, 5.74) is 8.07. The fourth-order valence-electron chi connectivity index (χ4n) is 3.84. The number of aromatic nitrogens is 3. The number of fused-ring (bicyclic) bond motifs is 1. The second-order valence-electron chi connectivity index (χ2n) is 8.56. The number of halogens is 2. The molecule has 4 rings (SSSR count). The van der Waals surface area contributed by atoms with E-state index in [0.717, 1.165) is 11.8 Å². The summed E-state index contributed by atoms with van der Waals surface area (Å²) in [7, 11) is 0. The van der Waals surface area contributed by atoms with Crippen molar-refractivity contribution >= 4 is 41.8 Å². The number of amides is 1. The minimum atomic E-state index is -0.119. The van der Waals surface area contributed by atoms with E-state index in [1.807, 2.05) is 41.6 Å². The summed E-state index contributed by atoms with van der Waals surface area (Å²) in [6, 6.07) is 5.71. The number of nitrogens with zero attached hydrogens (tertiary/aromatic N) is 4. The summed E-state index contributed by atoms with van der Waals surface area (Å²) in [6.45, 7) is 9.61. The molecule has 1 fully saturated rings. The van der Waals surface area contributed by atoms with Crippen molar-refractivity contribution in [3.05, 3.63) is 36.2 Å². The summed E-state index contributed by atoms with van der Waals surface area (Å²) in [5, 5.41) is 5.24. The molecule has 4 heterocycles. The highest BCUT2D eigenvalue weighted by Gasteiger charge is 2.36. The van der Waals surface area contributed by atoms with Crippen LogP contribution in [0.3, 0.4) is 0 Å². The van der Waals surface area contributed by atoms with Crippen molar-refractivity contribution in [3.8, 4) is 11.5 Å². The number of pyridine rings is 1. The molecule has 0 saturated carbocycles. The van der Waals surface area contributed by atoms with Crippen LogP contribution in [0.15, 0.2) is 35.1 Å². The maximum atomic E-state index is 13.5. The Hall–Kier alpha value is -2.09. The predicted octanol–water partition coefficient (Wildman–Crippen LogP) is 4.32. The van der Waals surface area contributed by atoms with Gasteiger partial charge in [0.05, 0.1) is 23.4 Å². The second kappa shape index (κ2) is 8.96. The third-order valence-corrected chi connectivity index (χ3v) is 5.66. The number of likely N-dealkylation sites (tertiary alicyclic amines) is 1. The van der Waals surface area contributed by atoms with E-state index in [4.69, 9.17) is 15.1 Å². The maximum Gasteiger partial charge on any atom is 0.254 e. The summed E-state index contributed by atoms with van der Waals surface area (Å²) in [6.07, 6.45) is 4.14. The molecule has 3 aromatic heterocycles. The number of hydrogen-bond acceptors (Lipinski definition) is 5. The van der Waals surface area contributed by atoms with Crippen molar-refractivity contribution in [2.45, 2.75) is 46.2 Å². The van der Waals surface area contributed by atoms with Crippen molar-refractivity contribution in [1.82, 2.24) is 19.7 Å². The Morgan fingerprint density at radius 3 is 2.67 bits per heavy atom. The van der Waals surface area contributed by atoms with Gasteiger partial charge in [-0.25, -0.2) is 9.67 Å². The third kappa shape index (κ3) is 4.19. The largest absolute Gasteiger partial charge is 0.463 e. The van der Waals surface area contributed by atoms with Gasteiger partial charge in [0.15, 0.2) is 11.4 Å². The molecular weight excluding hydrogens is 425 g/mol. The molecule has 1 aliphatic heterocycles. The van der Waals surface area contributed by atoms with E-state index in [9.17, 15) is 4.79 Å². The summed E-state index contributed by atoms with van der Waals surface area (Å²) in [5.74, 6) is 0.622. The summed E-state index contributed by atoms with van der Waals surface area (Å²) >= 11 is 0. The zero-order chi connectivity index (χ0) is 20.1.